The molecular weight excluding hydrogens is 1330 g/mol. The number of rotatable bonds is 10. The summed E-state index contributed by atoms with van der Waals surface area (Å²) >= 11 is 0. The van der Waals surface area contributed by atoms with Crippen LogP contribution in [-0.4, -0.2) is 49.0 Å². The standard InChI is InChI=1S/2C48H35N5O/c1-48(2,3)34-24-20-31(21-25-34)46-50-45(30-12-5-4-6-13-30)51-47(52-46)39-16-11-19-44(49-39)53-40-17-9-7-14-35(40)36-26-22-32(28-41(36)53)33-23-27-38-37-15-8-10-18-42(37)54-43(38)29-33;1-48(2,3)35-21-17-31(18-22-35)46-50-45(30-11-5-4-6-12-30)51-47(52-46)34-25-26-49-44(29-34)53-40-15-9-7-13-36(40)37-23-19-32(27-41(37)53)33-20-24-39-38-14-8-10-16-42(38)54-43(39)28-33/h2*4-29H,1-3H3. The molecule has 516 valence electrons. The Morgan fingerprint density at radius 1 is 0.231 bits per heavy atom. The van der Waals surface area contributed by atoms with Crippen LogP contribution in [0.1, 0.15) is 52.7 Å². The summed E-state index contributed by atoms with van der Waals surface area (Å²) in [5.74, 6) is 5.12. The zero-order valence-electron chi connectivity index (χ0n) is 60.3. The van der Waals surface area contributed by atoms with Crippen LogP contribution >= 0.6 is 0 Å². The van der Waals surface area contributed by atoms with Crippen LogP contribution in [0, 0.1) is 0 Å². The van der Waals surface area contributed by atoms with Gasteiger partial charge in [-0.25, -0.2) is 39.9 Å². The van der Waals surface area contributed by atoms with Gasteiger partial charge in [0, 0.05) is 77.1 Å². The van der Waals surface area contributed by atoms with E-state index in [9.17, 15) is 0 Å². The molecule has 0 bridgehead atoms. The van der Waals surface area contributed by atoms with E-state index < -0.39 is 0 Å². The second-order valence-electron chi connectivity index (χ2n) is 29.6. The summed E-state index contributed by atoms with van der Waals surface area (Å²) in [6.07, 6.45) is 1.84. The molecule has 0 radical (unpaired) electrons. The molecular formula is C96H70N10O2. The maximum absolute atomic E-state index is 6.26. The second-order valence-corrected chi connectivity index (χ2v) is 29.6. The summed E-state index contributed by atoms with van der Waals surface area (Å²) in [5.41, 5.74) is 20.0. The van der Waals surface area contributed by atoms with Crippen molar-refractivity contribution in [3.63, 3.8) is 0 Å². The van der Waals surface area contributed by atoms with E-state index in [-0.39, 0.29) is 10.8 Å². The predicted molar refractivity (Wildman–Crippen MR) is 439 cm³/mol. The van der Waals surface area contributed by atoms with Gasteiger partial charge in [0.1, 0.15) is 39.7 Å². The number of hydrogen-bond donors (Lipinski definition) is 0. The SMILES string of the molecule is CC(C)(C)c1ccc(-c2nc(-c3ccccc3)nc(-c3cccc(-n4c5ccccc5c5ccc(-c6ccc7c(c6)oc6ccccc67)cc54)n3)n2)cc1.CC(C)(C)c1ccc(-c2nc(-c3ccccc3)nc(-c3ccnc(-n4c5ccccc5c5ccc(-c6ccc7c(c6)oc6ccccc67)cc54)c3)n2)cc1. The van der Waals surface area contributed by atoms with Gasteiger partial charge < -0.3 is 8.83 Å². The fraction of sp³-hybridized carbons (Fsp3) is 0.0833. The Labute approximate surface area is 623 Å². The zero-order chi connectivity index (χ0) is 72.8. The van der Waals surface area contributed by atoms with Crippen LogP contribution in [-0.2, 0) is 10.8 Å². The summed E-state index contributed by atoms with van der Waals surface area (Å²) in [6.45, 7) is 13.3. The molecule has 0 aliphatic heterocycles. The molecule has 0 spiro atoms. The predicted octanol–water partition coefficient (Wildman–Crippen LogP) is 24.5. The molecule has 8 heterocycles. The van der Waals surface area contributed by atoms with Crippen LogP contribution < -0.4 is 0 Å². The topological polar surface area (TPSA) is 139 Å². The van der Waals surface area contributed by atoms with Gasteiger partial charge in [-0.1, -0.05) is 266 Å². The molecule has 0 amide bonds. The number of nitrogens with zero attached hydrogens (tertiary/aromatic N) is 10. The third-order valence-corrected chi connectivity index (χ3v) is 20.6. The van der Waals surface area contributed by atoms with Gasteiger partial charge in [-0.05, 0) is 129 Å². The van der Waals surface area contributed by atoms with Crippen LogP contribution in [0.2, 0.25) is 0 Å². The lowest BCUT2D eigenvalue weighted by Crippen LogP contribution is -2.10. The van der Waals surface area contributed by atoms with Crippen molar-refractivity contribution in [2.75, 3.05) is 0 Å². The van der Waals surface area contributed by atoms with E-state index in [1.807, 2.05) is 115 Å². The highest BCUT2D eigenvalue weighted by Crippen LogP contribution is 2.41. The maximum atomic E-state index is 6.26. The highest BCUT2D eigenvalue weighted by atomic mass is 16.3. The Kier molecular flexibility index (Phi) is 15.7. The van der Waals surface area contributed by atoms with Crippen LogP contribution in [0.25, 0.3) is 190 Å². The Balaban J connectivity index is 0.000000147. The first-order valence-corrected chi connectivity index (χ1v) is 36.4. The van der Waals surface area contributed by atoms with E-state index in [4.69, 9.17) is 48.7 Å². The molecule has 20 rings (SSSR count). The fourth-order valence-corrected chi connectivity index (χ4v) is 14.9. The molecule has 0 aliphatic rings. The molecule has 0 fully saturated rings. The highest BCUT2D eigenvalue weighted by Gasteiger charge is 2.23. The monoisotopic (exact) mass is 1390 g/mol. The average Bonchev–Trinajstić information content (AvgIpc) is 1.59. The van der Waals surface area contributed by atoms with Crippen LogP contribution in [0.4, 0.5) is 0 Å². The van der Waals surface area contributed by atoms with Crippen LogP contribution in [0.3, 0.4) is 0 Å². The lowest BCUT2D eigenvalue weighted by Gasteiger charge is -2.19. The van der Waals surface area contributed by atoms with Crippen molar-refractivity contribution in [1.82, 2.24) is 49.0 Å². The first-order valence-electron chi connectivity index (χ1n) is 36.4. The number of fused-ring (bicyclic) bond motifs is 12. The number of pyridine rings is 2. The molecule has 12 nitrogen and oxygen atoms in total. The van der Waals surface area contributed by atoms with E-state index in [0.29, 0.717) is 40.6 Å². The van der Waals surface area contributed by atoms with Gasteiger partial charge in [0.15, 0.2) is 34.9 Å². The van der Waals surface area contributed by atoms with E-state index in [1.165, 1.54) is 11.1 Å². The van der Waals surface area contributed by atoms with Crippen molar-refractivity contribution in [2.45, 2.75) is 52.4 Å². The third kappa shape index (κ3) is 11.9. The largest absolute Gasteiger partial charge is 0.456 e. The van der Waals surface area contributed by atoms with Crippen molar-refractivity contribution in [1.29, 1.82) is 0 Å². The molecule has 0 atom stereocenters. The van der Waals surface area contributed by atoms with Crippen LogP contribution in [0.5, 0.6) is 0 Å². The van der Waals surface area contributed by atoms with Gasteiger partial charge in [0.05, 0.1) is 22.1 Å². The van der Waals surface area contributed by atoms with E-state index >= 15 is 0 Å². The quantitative estimate of drug-likeness (QED) is 0.130. The molecule has 8 aromatic heterocycles. The van der Waals surface area contributed by atoms with E-state index in [0.717, 1.165) is 149 Å². The molecule has 108 heavy (non-hydrogen) atoms. The third-order valence-electron chi connectivity index (χ3n) is 20.6. The minimum absolute atomic E-state index is 0.0397. The molecule has 0 saturated carbocycles. The Hall–Kier alpha value is -13.8. The summed E-state index contributed by atoms with van der Waals surface area (Å²) in [5, 5.41) is 9.10. The maximum Gasteiger partial charge on any atom is 0.182 e. The second kappa shape index (κ2) is 26.1. The van der Waals surface area contributed by atoms with Crippen molar-refractivity contribution in [3.8, 4) is 102 Å². The number of hydrogen-bond acceptors (Lipinski definition) is 10. The first-order chi connectivity index (χ1) is 52.7. The number of benzene rings is 12. The van der Waals surface area contributed by atoms with Gasteiger partial charge in [0.2, 0.25) is 0 Å². The Morgan fingerprint density at radius 2 is 0.583 bits per heavy atom. The van der Waals surface area contributed by atoms with Crippen molar-refractivity contribution in [2.24, 2.45) is 0 Å². The highest BCUT2D eigenvalue weighted by molar-refractivity contribution is 6.13. The normalized spacial score (nSPS) is 12.0. The molecule has 0 N–H and O–H groups in total. The molecule has 12 heteroatoms. The summed E-state index contributed by atoms with van der Waals surface area (Å²) in [4.78, 5) is 40.2. The van der Waals surface area contributed by atoms with Gasteiger partial charge in [0.25, 0.3) is 0 Å². The van der Waals surface area contributed by atoms with Crippen LogP contribution in [0.15, 0.2) is 324 Å². The van der Waals surface area contributed by atoms with E-state index in [2.05, 4.69) is 251 Å². The summed E-state index contributed by atoms with van der Waals surface area (Å²) in [6, 6.07) is 107. The number of furan rings is 2. The summed E-state index contributed by atoms with van der Waals surface area (Å²) < 4.78 is 17.0. The molecule has 0 unspecified atom stereocenters. The van der Waals surface area contributed by atoms with Crippen molar-refractivity contribution >= 4 is 87.5 Å². The lowest BCUT2D eigenvalue weighted by molar-refractivity contribution is 0.590. The Bertz CT molecular complexity index is 6460. The smallest absolute Gasteiger partial charge is 0.182 e. The first kappa shape index (κ1) is 65.0. The number of aromatic nitrogens is 10. The molecule has 0 aliphatic carbocycles. The number of para-hydroxylation sites is 4. The fourth-order valence-electron chi connectivity index (χ4n) is 14.9. The Morgan fingerprint density at radius 3 is 1.05 bits per heavy atom. The van der Waals surface area contributed by atoms with Gasteiger partial charge in [-0.2, -0.15) is 0 Å². The average molecular weight is 1400 g/mol. The van der Waals surface area contributed by atoms with E-state index in [1.54, 1.807) is 0 Å². The molecule has 20 aromatic rings. The van der Waals surface area contributed by atoms with Gasteiger partial charge >= 0.3 is 0 Å². The molecule has 12 aromatic carbocycles. The van der Waals surface area contributed by atoms with Crippen molar-refractivity contribution in [3.05, 3.63) is 327 Å². The summed E-state index contributed by atoms with van der Waals surface area (Å²) in [7, 11) is 0. The van der Waals surface area contributed by atoms with Gasteiger partial charge in [-0.15, -0.1) is 0 Å². The van der Waals surface area contributed by atoms with Gasteiger partial charge in [-0.3, -0.25) is 9.13 Å². The molecule has 0 saturated heterocycles. The minimum Gasteiger partial charge on any atom is -0.456 e. The van der Waals surface area contributed by atoms with Crippen molar-refractivity contribution < 1.29 is 8.83 Å². The minimum atomic E-state index is 0.0397. The lowest BCUT2D eigenvalue weighted by atomic mass is 9.86. The zero-order valence-corrected chi connectivity index (χ0v) is 60.3.